The van der Waals surface area contributed by atoms with E-state index in [0.29, 0.717) is 48.6 Å². The van der Waals surface area contributed by atoms with Crippen molar-refractivity contribution in [1.29, 1.82) is 0 Å². The van der Waals surface area contributed by atoms with Gasteiger partial charge in [-0.2, -0.15) is 13.2 Å². The summed E-state index contributed by atoms with van der Waals surface area (Å²) in [6.45, 7) is 7.43. The first-order valence-electron chi connectivity index (χ1n) is 13.2. The average Bonchev–Trinajstić information content (AvgIpc) is 3.38. The van der Waals surface area contributed by atoms with Gasteiger partial charge in [-0.15, -0.1) is 0 Å². The number of pyridine rings is 1. The molecule has 2 aromatic carbocycles. The first-order valence-corrected chi connectivity index (χ1v) is 13.6. The zero-order valence-corrected chi connectivity index (χ0v) is 23.9. The summed E-state index contributed by atoms with van der Waals surface area (Å²) in [5.74, 6) is -0.403. The highest BCUT2D eigenvalue weighted by atomic mass is 35.5. The van der Waals surface area contributed by atoms with Crippen molar-refractivity contribution in [2.75, 3.05) is 36.5 Å². The van der Waals surface area contributed by atoms with Gasteiger partial charge in [0.1, 0.15) is 5.52 Å². The van der Waals surface area contributed by atoms with Crippen molar-refractivity contribution < 1.29 is 27.5 Å². The van der Waals surface area contributed by atoms with E-state index in [2.05, 4.69) is 15.6 Å². The summed E-state index contributed by atoms with van der Waals surface area (Å²) in [4.78, 5) is 31.5. The number of anilines is 1. The number of piperazine rings is 1. The monoisotopic (exact) mass is 603 g/mol. The molecule has 5 rings (SSSR count). The van der Waals surface area contributed by atoms with E-state index in [9.17, 15) is 27.9 Å². The van der Waals surface area contributed by atoms with E-state index in [1.807, 2.05) is 5.01 Å². The average molecular weight is 604 g/mol. The molecule has 9 nitrogen and oxygen atoms in total. The molecule has 0 atom stereocenters. The van der Waals surface area contributed by atoms with Crippen molar-refractivity contribution in [3.05, 3.63) is 80.2 Å². The smallest absolute Gasteiger partial charge is 0.416 e. The molecule has 1 aliphatic rings. The Labute approximate surface area is 243 Å². The van der Waals surface area contributed by atoms with Crippen molar-refractivity contribution in [2.24, 2.45) is 0 Å². The first kappa shape index (κ1) is 29.6. The van der Waals surface area contributed by atoms with Crippen LogP contribution in [0.25, 0.3) is 22.6 Å². The van der Waals surface area contributed by atoms with Crippen molar-refractivity contribution in [3.63, 3.8) is 0 Å². The fourth-order valence-corrected chi connectivity index (χ4v) is 5.14. The number of carbonyl (C=O) groups excluding carboxylic acids is 1. The lowest BCUT2D eigenvalue weighted by atomic mass is 9.97. The summed E-state index contributed by atoms with van der Waals surface area (Å²) < 4.78 is 46.6. The predicted octanol–water partition coefficient (Wildman–Crippen LogP) is 4.59. The number of fused-ring (bicyclic) bond motifs is 1. The highest BCUT2D eigenvalue weighted by Crippen LogP contribution is 2.34. The van der Waals surface area contributed by atoms with E-state index in [4.69, 9.17) is 16.0 Å². The molecule has 2 aromatic heterocycles. The number of alkyl halides is 3. The van der Waals surface area contributed by atoms with Crippen LogP contribution in [-0.4, -0.2) is 46.9 Å². The topological polar surface area (TPSA) is 113 Å². The minimum Gasteiger partial charge on any atom is -0.430 e. The molecule has 0 unspecified atom stereocenters. The van der Waals surface area contributed by atoms with Crippen LogP contribution >= 0.6 is 11.6 Å². The van der Waals surface area contributed by atoms with Crippen LogP contribution in [0.1, 0.15) is 36.2 Å². The third-order valence-electron chi connectivity index (χ3n) is 7.18. The van der Waals surface area contributed by atoms with Crippen LogP contribution < -0.4 is 21.2 Å². The second-order valence-corrected chi connectivity index (χ2v) is 11.0. The second-order valence-electron chi connectivity index (χ2n) is 10.6. The largest absolute Gasteiger partial charge is 0.430 e. The summed E-state index contributed by atoms with van der Waals surface area (Å²) in [6.07, 6.45) is -4.83. The van der Waals surface area contributed by atoms with Gasteiger partial charge in [-0.25, -0.2) is 9.66 Å². The highest BCUT2D eigenvalue weighted by Gasteiger charge is 2.31. The molecular weight excluding hydrogens is 575 g/mol. The van der Waals surface area contributed by atoms with Crippen molar-refractivity contribution in [3.8, 4) is 11.5 Å². The Morgan fingerprint density at radius 3 is 2.36 bits per heavy atom. The fourth-order valence-electron chi connectivity index (χ4n) is 4.91. The van der Waals surface area contributed by atoms with Crippen LogP contribution in [0, 0.1) is 6.92 Å². The van der Waals surface area contributed by atoms with E-state index < -0.39 is 28.8 Å². The maximum absolute atomic E-state index is 13.7. The number of aliphatic hydroxyl groups is 1. The molecule has 0 radical (unpaired) electrons. The number of halogens is 4. The SMILES string of the molecule is Cc1c(CC(=O)Nc2ccc(C(F)(F)F)cc2Cl)c2nc(-c3ccc(C(C)(C)O)cc3)oc2c(=O)n1N1CCNCC1. The molecule has 0 saturated carbocycles. The van der Waals surface area contributed by atoms with Gasteiger partial charge in [-0.05, 0) is 56.7 Å². The molecule has 1 fully saturated rings. The number of hydrogen-bond acceptors (Lipinski definition) is 7. The predicted molar refractivity (Wildman–Crippen MR) is 153 cm³/mol. The maximum Gasteiger partial charge on any atom is 0.416 e. The lowest BCUT2D eigenvalue weighted by Gasteiger charge is -2.32. The summed E-state index contributed by atoms with van der Waals surface area (Å²) in [5.41, 5.74) is -0.0581. The number of oxazole rings is 1. The summed E-state index contributed by atoms with van der Waals surface area (Å²) >= 11 is 6.05. The lowest BCUT2D eigenvalue weighted by Crippen LogP contribution is -2.53. The molecule has 1 aliphatic heterocycles. The molecule has 0 spiro atoms. The number of hydrogen-bond donors (Lipinski definition) is 3. The van der Waals surface area contributed by atoms with Crippen LogP contribution in [0.5, 0.6) is 0 Å². The second kappa shape index (κ2) is 11.1. The zero-order valence-electron chi connectivity index (χ0n) is 23.1. The fraction of sp³-hybridized carbons (Fsp3) is 0.345. The highest BCUT2D eigenvalue weighted by molar-refractivity contribution is 6.33. The van der Waals surface area contributed by atoms with Crippen LogP contribution in [0.3, 0.4) is 0 Å². The van der Waals surface area contributed by atoms with Crippen LogP contribution in [-0.2, 0) is 23.0 Å². The van der Waals surface area contributed by atoms with Gasteiger partial charge in [0.15, 0.2) is 0 Å². The van der Waals surface area contributed by atoms with E-state index in [1.165, 1.54) is 4.68 Å². The Morgan fingerprint density at radius 2 is 1.76 bits per heavy atom. The summed E-state index contributed by atoms with van der Waals surface area (Å²) in [5, 5.41) is 17.7. The Morgan fingerprint density at radius 1 is 1.12 bits per heavy atom. The van der Waals surface area contributed by atoms with E-state index in [0.717, 1.165) is 18.2 Å². The lowest BCUT2D eigenvalue weighted by molar-refractivity contribution is -0.137. The van der Waals surface area contributed by atoms with Gasteiger partial charge in [0.2, 0.25) is 17.4 Å². The number of nitrogens with zero attached hydrogens (tertiary/aromatic N) is 3. The Bertz CT molecular complexity index is 1700. The van der Waals surface area contributed by atoms with E-state index in [1.54, 1.807) is 45.0 Å². The molecule has 4 aromatic rings. The molecule has 13 heteroatoms. The number of amides is 1. The third-order valence-corrected chi connectivity index (χ3v) is 7.49. The minimum atomic E-state index is -4.58. The van der Waals surface area contributed by atoms with Gasteiger partial charge in [-0.3, -0.25) is 9.59 Å². The Kier molecular flexibility index (Phi) is 7.82. The van der Waals surface area contributed by atoms with Gasteiger partial charge in [0.25, 0.3) is 0 Å². The van der Waals surface area contributed by atoms with Crippen molar-refractivity contribution in [2.45, 2.75) is 39.0 Å². The summed E-state index contributed by atoms with van der Waals surface area (Å²) in [6, 6.07) is 9.59. The van der Waals surface area contributed by atoms with Crippen molar-refractivity contribution >= 4 is 34.3 Å². The quantitative estimate of drug-likeness (QED) is 0.296. The van der Waals surface area contributed by atoms with Gasteiger partial charge >= 0.3 is 11.7 Å². The van der Waals surface area contributed by atoms with Gasteiger partial charge in [0, 0.05) is 43.0 Å². The minimum absolute atomic E-state index is 0.0201. The normalized spacial score (nSPS) is 14.4. The van der Waals surface area contributed by atoms with Crippen LogP contribution in [0.15, 0.2) is 51.7 Å². The van der Waals surface area contributed by atoms with E-state index in [-0.39, 0.29) is 34.1 Å². The first-order chi connectivity index (χ1) is 19.7. The summed E-state index contributed by atoms with van der Waals surface area (Å²) in [7, 11) is 0. The molecule has 1 amide bonds. The van der Waals surface area contributed by atoms with E-state index >= 15 is 0 Å². The van der Waals surface area contributed by atoms with Gasteiger partial charge in [-0.1, -0.05) is 23.7 Å². The van der Waals surface area contributed by atoms with Gasteiger partial charge < -0.3 is 25.2 Å². The Hall–Kier alpha value is -3.87. The zero-order chi connectivity index (χ0) is 30.4. The molecule has 42 heavy (non-hydrogen) atoms. The number of benzene rings is 2. The molecule has 222 valence electrons. The molecule has 3 N–H and O–H groups in total. The van der Waals surface area contributed by atoms with Gasteiger partial charge in [0.05, 0.1) is 28.3 Å². The molecule has 1 saturated heterocycles. The molecular formula is C29H29ClF3N5O4. The standard InChI is InChI=1S/C29H29ClF3N5O4/c1-16-20(15-23(39)35-22-9-8-19(14-21(22)30)29(31,32)33)24-25(27(40)38(16)37-12-10-34-11-13-37)42-26(36-24)17-4-6-18(7-5-17)28(2,3)41/h4-9,14,34,41H,10-13,15H2,1-3H3,(H,35,39). The number of carbonyl (C=O) groups is 1. The van der Waals surface area contributed by atoms with Crippen LogP contribution in [0.2, 0.25) is 5.02 Å². The number of aromatic nitrogens is 2. The number of rotatable bonds is 6. The maximum atomic E-state index is 13.7. The molecule has 3 heterocycles. The molecule has 0 bridgehead atoms. The third kappa shape index (κ3) is 5.87. The molecule has 0 aliphatic carbocycles. The van der Waals surface area contributed by atoms with Crippen molar-refractivity contribution in [1.82, 2.24) is 15.0 Å². The Balaban J connectivity index is 1.55. The van der Waals surface area contributed by atoms with Crippen LogP contribution in [0.4, 0.5) is 18.9 Å². The number of nitrogens with one attached hydrogen (secondary N) is 2.